The number of benzene rings is 2. The SMILES string of the molecule is C=C/C=C\c1c(C)c(-c2ncc(OC)c(N(Cc3c(F)cc(OCC)cc3F)c3ccncc3)n2)nn1Cc1c(F)cc(OCC)cc1F. The first kappa shape index (κ1) is 34.6. The van der Waals surface area contributed by atoms with Crippen LogP contribution >= 0.6 is 0 Å². The average Bonchev–Trinajstić information content (AvgIpc) is 3.39. The molecule has 0 bridgehead atoms. The van der Waals surface area contributed by atoms with Gasteiger partial charge in [0.15, 0.2) is 17.4 Å². The highest BCUT2D eigenvalue weighted by molar-refractivity contribution is 5.70. The van der Waals surface area contributed by atoms with Crippen molar-refractivity contribution in [2.45, 2.75) is 33.9 Å². The first-order valence-electron chi connectivity index (χ1n) is 15.4. The van der Waals surface area contributed by atoms with Gasteiger partial charge >= 0.3 is 0 Å². The number of anilines is 2. The number of nitrogens with zero attached hydrogens (tertiary/aromatic N) is 6. The zero-order valence-electron chi connectivity index (χ0n) is 27.4. The molecule has 0 aliphatic heterocycles. The molecule has 0 amide bonds. The van der Waals surface area contributed by atoms with Gasteiger partial charge in [0, 0.05) is 59.0 Å². The van der Waals surface area contributed by atoms with Gasteiger partial charge in [-0.3, -0.25) is 9.67 Å². The van der Waals surface area contributed by atoms with Crippen molar-refractivity contribution in [1.29, 1.82) is 0 Å². The Kier molecular flexibility index (Phi) is 10.9. The molecule has 3 aromatic heterocycles. The van der Waals surface area contributed by atoms with Crippen LogP contribution in [0.15, 0.2) is 73.7 Å². The van der Waals surface area contributed by atoms with E-state index in [0.29, 0.717) is 22.6 Å². The van der Waals surface area contributed by atoms with Crippen LogP contribution in [0.3, 0.4) is 0 Å². The monoisotopic (exact) mass is 674 g/mol. The summed E-state index contributed by atoms with van der Waals surface area (Å²) in [5, 5.41) is 4.68. The Morgan fingerprint density at radius 2 is 1.49 bits per heavy atom. The molecular weight excluding hydrogens is 640 g/mol. The summed E-state index contributed by atoms with van der Waals surface area (Å²) in [5.74, 6) is -2.55. The minimum absolute atomic E-state index is 0.0657. The third kappa shape index (κ3) is 7.56. The Hall–Kier alpha value is -5.72. The summed E-state index contributed by atoms with van der Waals surface area (Å²) >= 11 is 0. The molecule has 0 radical (unpaired) electrons. The number of aromatic nitrogens is 5. The zero-order chi connectivity index (χ0) is 35.1. The summed E-state index contributed by atoms with van der Waals surface area (Å²) in [6.07, 6.45) is 9.41. The average molecular weight is 675 g/mol. The molecule has 5 aromatic rings. The van der Waals surface area contributed by atoms with Crippen molar-refractivity contribution in [2.75, 3.05) is 25.2 Å². The van der Waals surface area contributed by atoms with Gasteiger partial charge in [-0.2, -0.15) is 5.10 Å². The van der Waals surface area contributed by atoms with Crippen LogP contribution in [0.5, 0.6) is 17.2 Å². The Morgan fingerprint density at radius 3 is 2.04 bits per heavy atom. The normalized spacial score (nSPS) is 11.2. The number of allylic oxidation sites excluding steroid dienone is 2. The van der Waals surface area contributed by atoms with Gasteiger partial charge in [-0.05, 0) is 39.0 Å². The second-order valence-electron chi connectivity index (χ2n) is 10.6. The zero-order valence-corrected chi connectivity index (χ0v) is 27.4. The van der Waals surface area contributed by atoms with E-state index in [1.165, 1.54) is 30.4 Å². The Morgan fingerprint density at radius 1 is 0.898 bits per heavy atom. The number of hydrogen-bond donors (Lipinski definition) is 0. The van der Waals surface area contributed by atoms with E-state index in [-0.39, 0.29) is 66.3 Å². The van der Waals surface area contributed by atoms with Crippen LogP contribution in [0.2, 0.25) is 0 Å². The van der Waals surface area contributed by atoms with E-state index >= 15 is 17.6 Å². The largest absolute Gasteiger partial charge is 0.494 e. The molecule has 0 aliphatic carbocycles. The third-order valence-electron chi connectivity index (χ3n) is 7.50. The molecular formula is C36H34F4N6O3. The van der Waals surface area contributed by atoms with E-state index in [1.807, 2.05) is 0 Å². The molecule has 254 valence electrons. The van der Waals surface area contributed by atoms with Crippen molar-refractivity contribution < 1.29 is 31.8 Å². The van der Waals surface area contributed by atoms with E-state index in [2.05, 4.69) is 21.6 Å². The topological polar surface area (TPSA) is 87.4 Å². The first-order valence-corrected chi connectivity index (χ1v) is 15.4. The molecule has 49 heavy (non-hydrogen) atoms. The van der Waals surface area contributed by atoms with Gasteiger partial charge < -0.3 is 19.1 Å². The summed E-state index contributed by atoms with van der Waals surface area (Å²) in [7, 11) is 1.42. The maximum absolute atomic E-state index is 15.3. The van der Waals surface area contributed by atoms with Crippen LogP contribution in [-0.4, -0.2) is 45.1 Å². The van der Waals surface area contributed by atoms with Crippen LogP contribution in [0, 0.1) is 30.2 Å². The van der Waals surface area contributed by atoms with Crippen LogP contribution in [0.25, 0.3) is 17.6 Å². The van der Waals surface area contributed by atoms with Gasteiger partial charge in [0.2, 0.25) is 0 Å². The van der Waals surface area contributed by atoms with Crippen molar-refractivity contribution in [2.24, 2.45) is 0 Å². The fourth-order valence-electron chi connectivity index (χ4n) is 5.16. The van der Waals surface area contributed by atoms with Crippen molar-refractivity contribution in [3.05, 3.63) is 119 Å². The van der Waals surface area contributed by atoms with E-state index in [0.717, 1.165) is 24.3 Å². The molecule has 0 N–H and O–H groups in total. The molecule has 5 rings (SSSR count). The molecule has 0 unspecified atom stereocenters. The number of halogens is 4. The highest BCUT2D eigenvalue weighted by atomic mass is 19.1. The van der Waals surface area contributed by atoms with Crippen molar-refractivity contribution in [1.82, 2.24) is 24.7 Å². The number of hydrogen-bond acceptors (Lipinski definition) is 8. The van der Waals surface area contributed by atoms with Crippen molar-refractivity contribution >= 4 is 17.6 Å². The summed E-state index contributed by atoms with van der Waals surface area (Å²) < 4.78 is 78.5. The Balaban J connectivity index is 1.63. The van der Waals surface area contributed by atoms with E-state index < -0.39 is 23.3 Å². The predicted octanol–water partition coefficient (Wildman–Crippen LogP) is 7.99. The molecule has 0 fully saturated rings. The lowest BCUT2D eigenvalue weighted by Gasteiger charge is -2.26. The van der Waals surface area contributed by atoms with Crippen LogP contribution < -0.4 is 19.1 Å². The quantitative estimate of drug-likeness (QED) is 0.0866. The molecule has 0 aliphatic rings. The summed E-state index contributed by atoms with van der Waals surface area (Å²) in [4.78, 5) is 14.9. The summed E-state index contributed by atoms with van der Waals surface area (Å²) in [6.45, 7) is 8.86. The maximum Gasteiger partial charge on any atom is 0.182 e. The van der Waals surface area contributed by atoms with Crippen LogP contribution in [0.1, 0.15) is 36.2 Å². The van der Waals surface area contributed by atoms with E-state index in [1.54, 1.807) is 56.0 Å². The lowest BCUT2D eigenvalue weighted by atomic mass is 10.1. The number of ether oxygens (including phenoxy) is 3. The van der Waals surface area contributed by atoms with Crippen LogP contribution in [-0.2, 0) is 13.1 Å². The smallest absolute Gasteiger partial charge is 0.182 e. The fraction of sp³-hybridized carbons (Fsp3) is 0.222. The molecule has 0 saturated heterocycles. The summed E-state index contributed by atoms with van der Waals surface area (Å²) in [5.41, 5.74) is 1.47. The van der Waals surface area contributed by atoms with Crippen LogP contribution in [0.4, 0.5) is 29.1 Å². The molecule has 13 heteroatoms. The molecule has 3 heterocycles. The van der Waals surface area contributed by atoms with Gasteiger partial charge in [-0.25, -0.2) is 27.5 Å². The predicted molar refractivity (Wildman–Crippen MR) is 178 cm³/mol. The lowest BCUT2D eigenvalue weighted by Crippen LogP contribution is -2.21. The number of rotatable bonds is 14. The number of methoxy groups -OCH3 is 1. The van der Waals surface area contributed by atoms with Crippen molar-refractivity contribution in [3.8, 4) is 28.8 Å². The van der Waals surface area contributed by atoms with Gasteiger partial charge in [-0.15, -0.1) is 0 Å². The minimum atomic E-state index is -0.808. The minimum Gasteiger partial charge on any atom is -0.494 e. The number of pyridine rings is 1. The Bertz CT molecular complexity index is 1940. The first-order chi connectivity index (χ1) is 23.7. The fourth-order valence-corrected chi connectivity index (χ4v) is 5.16. The van der Waals surface area contributed by atoms with Gasteiger partial charge in [0.1, 0.15) is 40.5 Å². The third-order valence-corrected chi connectivity index (χ3v) is 7.50. The van der Waals surface area contributed by atoms with Crippen molar-refractivity contribution in [3.63, 3.8) is 0 Å². The molecule has 2 aromatic carbocycles. The molecule has 0 spiro atoms. The lowest BCUT2D eigenvalue weighted by molar-refractivity contribution is 0.334. The highest BCUT2D eigenvalue weighted by Gasteiger charge is 2.25. The molecule has 9 nitrogen and oxygen atoms in total. The Labute approximate surface area is 281 Å². The second-order valence-corrected chi connectivity index (χ2v) is 10.6. The van der Waals surface area contributed by atoms with E-state index in [4.69, 9.17) is 19.2 Å². The second kappa shape index (κ2) is 15.5. The van der Waals surface area contributed by atoms with Gasteiger partial charge in [-0.1, -0.05) is 18.7 Å². The summed E-state index contributed by atoms with van der Waals surface area (Å²) in [6, 6.07) is 7.81. The molecule has 0 atom stereocenters. The van der Waals surface area contributed by atoms with E-state index in [9.17, 15) is 0 Å². The highest BCUT2D eigenvalue weighted by Crippen LogP contribution is 2.36. The molecule has 0 saturated carbocycles. The van der Waals surface area contributed by atoms with Gasteiger partial charge in [0.05, 0.1) is 45.3 Å². The van der Waals surface area contributed by atoms with Gasteiger partial charge in [0.25, 0.3) is 0 Å². The maximum atomic E-state index is 15.3. The standard InChI is InChI=1S/C36H34F4N6O3/c1-6-9-10-32-22(4)34(44-46(32)21-27-30(39)17-25(49-8-3)18-31(27)40)35-42-19-33(47-5)36(43-35)45(23-11-13-41-14-12-23)20-26-28(37)15-24(48-7-2)16-29(26)38/h6,9-19H,1,7-8,20-21H2,2-5H3/b10-9-.